The Hall–Kier alpha value is -2.33. The van der Waals surface area contributed by atoms with Gasteiger partial charge in [-0.1, -0.05) is 48.3 Å². The lowest BCUT2D eigenvalue weighted by Gasteiger charge is -2.24. The van der Waals surface area contributed by atoms with Crippen LogP contribution in [0.4, 0.5) is 4.39 Å². The Morgan fingerprint density at radius 2 is 1.52 bits per heavy atom. The van der Waals surface area contributed by atoms with Crippen LogP contribution in [-0.2, 0) is 0 Å². The average molecular weight is 332 g/mol. The van der Waals surface area contributed by atoms with Crippen LogP contribution in [0.2, 0.25) is 0 Å². The first-order valence-electron chi connectivity index (χ1n) is 9.23. The Kier molecular flexibility index (Phi) is 6.07. The maximum atomic E-state index is 13.0. The van der Waals surface area contributed by atoms with E-state index < -0.39 is 0 Å². The molecule has 0 radical (unpaired) electrons. The molecule has 0 heterocycles. The number of hydrogen-bond donors (Lipinski definition) is 0. The van der Waals surface area contributed by atoms with Gasteiger partial charge in [-0.05, 0) is 80.3 Å². The highest BCUT2D eigenvalue weighted by Gasteiger charge is 2.18. The molecule has 1 aliphatic rings. The van der Waals surface area contributed by atoms with Crippen LogP contribution in [0.5, 0.6) is 0 Å². The minimum atomic E-state index is -0.202. The van der Waals surface area contributed by atoms with Crippen molar-refractivity contribution in [3.05, 3.63) is 72.1 Å². The number of allylic oxidation sites excluding steroid dienone is 2. The van der Waals surface area contributed by atoms with Gasteiger partial charge in [0.15, 0.2) is 0 Å². The van der Waals surface area contributed by atoms with Crippen LogP contribution in [0.15, 0.2) is 60.7 Å². The Balaban J connectivity index is 1.58. The van der Waals surface area contributed by atoms with E-state index in [2.05, 4.69) is 55.2 Å². The lowest BCUT2D eigenvalue weighted by atomic mass is 9.81. The minimum absolute atomic E-state index is 0.202. The average Bonchev–Trinajstić information content (AvgIpc) is 2.67. The van der Waals surface area contributed by atoms with Gasteiger partial charge >= 0.3 is 0 Å². The summed E-state index contributed by atoms with van der Waals surface area (Å²) >= 11 is 0. The van der Waals surface area contributed by atoms with Crippen LogP contribution in [0.3, 0.4) is 0 Å². The zero-order valence-corrected chi connectivity index (χ0v) is 14.8. The third-order valence-electron chi connectivity index (χ3n) is 5.03. The van der Waals surface area contributed by atoms with Gasteiger partial charge in [0, 0.05) is 11.5 Å². The fraction of sp³-hybridized carbons (Fsp3) is 0.333. The van der Waals surface area contributed by atoms with E-state index in [1.165, 1.54) is 44.2 Å². The van der Waals surface area contributed by atoms with Crippen molar-refractivity contribution in [2.24, 2.45) is 11.8 Å². The van der Waals surface area contributed by atoms with Crippen molar-refractivity contribution < 1.29 is 4.39 Å². The lowest BCUT2D eigenvalue weighted by molar-refractivity contribution is 0.319. The second-order valence-corrected chi connectivity index (χ2v) is 6.88. The summed E-state index contributed by atoms with van der Waals surface area (Å²) < 4.78 is 13.0. The van der Waals surface area contributed by atoms with E-state index in [0.717, 1.165) is 22.6 Å². The van der Waals surface area contributed by atoms with Crippen LogP contribution in [0.25, 0.3) is 11.1 Å². The van der Waals surface area contributed by atoms with Gasteiger partial charge < -0.3 is 0 Å². The van der Waals surface area contributed by atoms with Gasteiger partial charge in [-0.25, -0.2) is 4.39 Å². The maximum Gasteiger partial charge on any atom is 0.123 e. The highest BCUT2D eigenvalue weighted by atomic mass is 19.1. The molecule has 128 valence electrons. The van der Waals surface area contributed by atoms with Crippen LogP contribution >= 0.6 is 0 Å². The molecule has 0 N–H and O–H groups in total. The predicted molar refractivity (Wildman–Crippen MR) is 104 cm³/mol. The molecule has 25 heavy (non-hydrogen) atoms. The second kappa shape index (κ2) is 8.67. The van der Waals surface area contributed by atoms with Crippen molar-refractivity contribution >= 4 is 0 Å². The topological polar surface area (TPSA) is 0 Å². The fourth-order valence-electron chi connectivity index (χ4n) is 3.44. The standard InChI is InChI=1S/C24H25F/c1-2-3-4-19-5-7-20(8-6-19)9-10-21-11-13-22(14-12-21)23-15-17-24(25)18-16-23/h2-3,11-20H,4-8H2,1H3/b3-2+. The zero-order chi connectivity index (χ0) is 17.5. The van der Waals surface area contributed by atoms with Crippen molar-refractivity contribution in [1.29, 1.82) is 0 Å². The van der Waals surface area contributed by atoms with Gasteiger partial charge in [-0.15, -0.1) is 0 Å². The van der Waals surface area contributed by atoms with E-state index in [0.29, 0.717) is 5.92 Å². The molecule has 1 heteroatoms. The van der Waals surface area contributed by atoms with Gasteiger partial charge in [0.1, 0.15) is 5.82 Å². The highest BCUT2D eigenvalue weighted by Crippen LogP contribution is 2.30. The van der Waals surface area contributed by atoms with Gasteiger partial charge in [-0.3, -0.25) is 0 Å². The van der Waals surface area contributed by atoms with Crippen molar-refractivity contribution in [2.75, 3.05) is 0 Å². The molecule has 0 spiro atoms. The Bertz CT molecular complexity index is 748. The molecular weight excluding hydrogens is 307 g/mol. The van der Waals surface area contributed by atoms with Crippen LogP contribution in [0, 0.1) is 29.5 Å². The first kappa shape index (κ1) is 17.5. The monoisotopic (exact) mass is 332 g/mol. The summed E-state index contributed by atoms with van der Waals surface area (Å²) in [6.45, 7) is 2.10. The van der Waals surface area contributed by atoms with Crippen molar-refractivity contribution in [1.82, 2.24) is 0 Å². The Labute approximate surface area is 150 Å². The SMILES string of the molecule is C/C=C/CC1CCC(C#Cc2ccc(-c3ccc(F)cc3)cc2)CC1. The molecule has 0 atom stereocenters. The molecule has 0 amide bonds. The largest absolute Gasteiger partial charge is 0.207 e. The molecule has 0 bridgehead atoms. The molecule has 1 fully saturated rings. The molecule has 2 aromatic carbocycles. The highest BCUT2D eigenvalue weighted by molar-refractivity contribution is 5.64. The predicted octanol–water partition coefficient (Wildman–Crippen LogP) is 6.62. The van der Waals surface area contributed by atoms with Gasteiger partial charge in [0.2, 0.25) is 0 Å². The van der Waals surface area contributed by atoms with Crippen molar-refractivity contribution in [3.8, 4) is 23.0 Å². The first-order valence-corrected chi connectivity index (χ1v) is 9.23. The van der Waals surface area contributed by atoms with E-state index in [4.69, 9.17) is 0 Å². The summed E-state index contributed by atoms with van der Waals surface area (Å²) in [5.41, 5.74) is 3.18. The molecule has 1 saturated carbocycles. The quantitative estimate of drug-likeness (QED) is 0.438. The van der Waals surface area contributed by atoms with Gasteiger partial charge in [-0.2, -0.15) is 0 Å². The van der Waals surface area contributed by atoms with E-state index in [1.807, 2.05) is 12.1 Å². The molecule has 2 aromatic rings. The first-order chi connectivity index (χ1) is 12.2. The maximum absolute atomic E-state index is 13.0. The summed E-state index contributed by atoms with van der Waals surface area (Å²) in [5, 5.41) is 0. The van der Waals surface area contributed by atoms with E-state index in [1.54, 1.807) is 0 Å². The van der Waals surface area contributed by atoms with Gasteiger partial charge in [0.05, 0.1) is 0 Å². The minimum Gasteiger partial charge on any atom is -0.207 e. The Morgan fingerprint density at radius 3 is 2.12 bits per heavy atom. The van der Waals surface area contributed by atoms with E-state index >= 15 is 0 Å². The second-order valence-electron chi connectivity index (χ2n) is 6.88. The van der Waals surface area contributed by atoms with Crippen molar-refractivity contribution in [3.63, 3.8) is 0 Å². The summed E-state index contributed by atoms with van der Waals surface area (Å²) in [7, 11) is 0. The summed E-state index contributed by atoms with van der Waals surface area (Å²) in [4.78, 5) is 0. The van der Waals surface area contributed by atoms with E-state index in [9.17, 15) is 4.39 Å². The number of benzene rings is 2. The zero-order valence-electron chi connectivity index (χ0n) is 14.8. The molecule has 0 aliphatic heterocycles. The number of halogens is 1. The van der Waals surface area contributed by atoms with Crippen molar-refractivity contribution in [2.45, 2.75) is 39.0 Å². The molecule has 3 rings (SSSR count). The molecule has 1 aliphatic carbocycles. The van der Waals surface area contributed by atoms with Crippen LogP contribution < -0.4 is 0 Å². The summed E-state index contributed by atoms with van der Waals surface area (Å²) in [6.07, 6.45) is 10.7. The molecule has 0 aromatic heterocycles. The number of hydrogen-bond acceptors (Lipinski definition) is 0. The molecular formula is C24H25F. The number of rotatable bonds is 3. The van der Waals surface area contributed by atoms with Crippen LogP contribution in [-0.4, -0.2) is 0 Å². The molecule has 0 unspecified atom stereocenters. The van der Waals surface area contributed by atoms with Crippen LogP contribution in [0.1, 0.15) is 44.6 Å². The summed E-state index contributed by atoms with van der Waals surface area (Å²) in [6, 6.07) is 14.8. The Morgan fingerprint density at radius 1 is 0.920 bits per heavy atom. The molecule has 0 saturated heterocycles. The normalized spacial score (nSPS) is 20.2. The van der Waals surface area contributed by atoms with E-state index in [-0.39, 0.29) is 5.82 Å². The lowest BCUT2D eigenvalue weighted by Crippen LogP contribution is -2.12. The summed E-state index contributed by atoms with van der Waals surface area (Å²) in [5.74, 6) is 7.99. The third-order valence-corrected chi connectivity index (χ3v) is 5.03. The fourth-order valence-corrected chi connectivity index (χ4v) is 3.44. The molecule has 0 nitrogen and oxygen atoms in total. The smallest absolute Gasteiger partial charge is 0.123 e. The van der Waals surface area contributed by atoms with Gasteiger partial charge in [0.25, 0.3) is 0 Å². The third kappa shape index (κ3) is 5.07.